The van der Waals surface area contributed by atoms with Gasteiger partial charge in [-0.05, 0) is 76.5 Å². The van der Waals surface area contributed by atoms with Crippen molar-refractivity contribution < 1.29 is 19.4 Å². The van der Waals surface area contributed by atoms with Gasteiger partial charge in [-0.2, -0.15) is 0 Å². The molecule has 1 saturated heterocycles. The van der Waals surface area contributed by atoms with Crippen molar-refractivity contribution in [3.05, 3.63) is 23.3 Å². The first-order valence-electron chi connectivity index (χ1n) is 12.1. The molecule has 168 valence electrons. The first-order valence-corrected chi connectivity index (χ1v) is 12.1. The molecule has 2 bridgehead atoms. The number of rotatable bonds is 5. The van der Waals surface area contributed by atoms with Crippen molar-refractivity contribution in [3.63, 3.8) is 0 Å². The Hall–Kier alpha value is -1.59. The average molecular weight is 426 g/mol. The summed E-state index contributed by atoms with van der Waals surface area (Å²) in [5.74, 6) is 1.91. The molecule has 0 aromatic heterocycles. The first-order chi connectivity index (χ1) is 14.8. The molecule has 1 N–H and O–H groups in total. The molecular weight excluding hydrogens is 390 g/mol. The number of carbonyl (C=O) groups excluding carboxylic acids is 1. The molecule has 1 aromatic carbocycles. The van der Waals surface area contributed by atoms with Gasteiger partial charge in [0.15, 0.2) is 11.5 Å². The van der Waals surface area contributed by atoms with Gasteiger partial charge in [-0.1, -0.05) is 13.0 Å². The summed E-state index contributed by atoms with van der Waals surface area (Å²) in [7, 11) is 1.79. The van der Waals surface area contributed by atoms with E-state index in [1.807, 2.05) is 0 Å². The van der Waals surface area contributed by atoms with E-state index in [2.05, 4.69) is 24.8 Å². The summed E-state index contributed by atoms with van der Waals surface area (Å²) in [5, 5.41) is 10.8. The fourth-order valence-corrected chi connectivity index (χ4v) is 8.26. The van der Waals surface area contributed by atoms with E-state index in [0.29, 0.717) is 11.8 Å². The number of methoxy groups -OCH3 is 1. The second kappa shape index (κ2) is 6.26. The molecule has 2 aliphatic heterocycles. The maximum absolute atomic E-state index is 13.1. The standard InChI is InChI=1S/C26H35NO4/c1-15(16(2)28)25-10-9-24(3,30-4)23-26(25)11-12-27(14-17-5-6-17)20(25)13-18-7-8-19(29)22(31-23)21(18)26/h7-8,15,17,20,23,29H,5-6,9-14H2,1-4H3/t15?,20-,23+,24-,25+,26+/m1/s1. The van der Waals surface area contributed by atoms with E-state index in [1.165, 1.54) is 24.0 Å². The minimum absolute atomic E-state index is 0.0616. The molecule has 5 aliphatic rings. The van der Waals surface area contributed by atoms with Gasteiger partial charge < -0.3 is 14.6 Å². The Labute approximate surface area is 185 Å². The molecule has 6 atom stereocenters. The first kappa shape index (κ1) is 20.0. The van der Waals surface area contributed by atoms with Gasteiger partial charge >= 0.3 is 0 Å². The van der Waals surface area contributed by atoms with Crippen LogP contribution in [0.25, 0.3) is 0 Å². The number of likely N-dealkylation sites (tertiary alicyclic amines) is 1. The molecule has 6 rings (SSSR count). The highest BCUT2D eigenvalue weighted by molar-refractivity contribution is 5.80. The Morgan fingerprint density at radius 1 is 1.32 bits per heavy atom. The van der Waals surface area contributed by atoms with Crippen molar-refractivity contribution >= 4 is 5.78 Å². The highest BCUT2D eigenvalue weighted by Crippen LogP contribution is 2.73. The van der Waals surface area contributed by atoms with Crippen LogP contribution >= 0.6 is 0 Å². The van der Waals surface area contributed by atoms with Crippen LogP contribution in [0.1, 0.15) is 64.0 Å². The third-order valence-corrected chi connectivity index (χ3v) is 10.1. The minimum atomic E-state index is -0.441. The van der Waals surface area contributed by atoms with Gasteiger partial charge in [0.2, 0.25) is 0 Å². The molecule has 3 aliphatic carbocycles. The quantitative estimate of drug-likeness (QED) is 0.777. The third kappa shape index (κ3) is 2.27. The summed E-state index contributed by atoms with van der Waals surface area (Å²) in [6.07, 6.45) is 6.21. The van der Waals surface area contributed by atoms with Crippen molar-refractivity contribution in [1.82, 2.24) is 4.90 Å². The Kier molecular flexibility index (Phi) is 4.05. The van der Waals surface area contributed by atoms with Gasteiger partial charge in [-0.3, -0.25) is 9.69 Å². The maximum Gasteiger partial charge on any atom is 0.165 e. The monoisotopic (exact) mass is 425 g/mol. The van der Waals surface area contributed by atoms with Crippen LogP contribution in [0.15, 0.2) is 12.1 Å². The summed E-state index contributed by atoms with van der Waals surface area (Å²) in [5.41, 5.74) is 1.56. The maximum atomic E-state index is 13.1. The van der Waals surface area contributed by atoms with Gasteiger partial charge in [0.05, 0.1) is 0 Å². The van der Waals surface area contributed by atoms with Crippen LogP contribution < -0.4 is 4.74 Å². The Balaban J connectivity index is 1.63. The number of benzene rings is 1. The second-order valence-electron chi connectivity index (χ2n) is 11.2. The zero-order valence-corrected chi connectivity index (χ0v) is 19.2. The molecule has 0 amide bonds. The van der Waals surface area contributed by atoms with E-state index in [0.717, 1.165) is 44.7 Å². The summed E-state index contributed by atoms with van der Waals surface area (Å²) in [6.45, 7) is 8.28. The number of ketones is 1. The smallest absolute Gasteiger partial charge is 0.165 e. The van der Waals surface area contributed by atoms with Crippen LogP contribution in [0.5, 0.6) is 11.5 Å². The minimum Gasteiger partial charge on any atom is -0.504 e. The molecular formula is C26H35NO4. The second-order valence-corrected chi connectivity index (χ2v) is 11.2. The SMILES string of the molecule is CO[C@]1(C)CC[C@]2(C(C)C(C)=O)[C@H]3Cc4ccc(O)c5c4[C@@]2(CCN3CC2CC2)[C@H]1O5. The van der Waals surface area contributed by atoms with Gasteiger partial charge in [-0.25, -0.2) is 0 Å². The molecule has 3 fully saturated rings. The largest absolute Gasteiger partial charge is 0.504 e. The molecule has 2 saturated carbocycles. The summed E-state index contributed by atoms with van der Waals surface area (Å²) < 4.78 is 12.8. The molecule has 2 heterocycles. The lowest BCUT2D eigenvalue weighted by molar-refractivity contribution is -0.218. The number of ether oxygens (including phenoxy) is 2. The number of Topliss-reactive ketones (excluding diaryl/α,β-unsaturated/α-hetero) is 1. The lowest BCUT2D eigenvalue weighted by Gasteiger charge is -2.69. The van der Waals surface area contributed by atoms with Crippen molar-refractivity contribution in [3.8, 4) is 11.5 Å². The van der Waals surface area contributed by atoms with Crippen LogP contribution in [0.2, 0.25) is 0 Å². The van der Waals surface area contributed by atoms with Crippen LogP contribution in [-0.2, 0) is 21.4 Å². The molecule has 0 radical (unpaired) electrons. The fraction of sp³-hybridized carbons (Fsp3) is 0.731. The van der Waals surface area contributed by atoms with Gasteiger partial charge in [0.25, 0.3) is 0 Å². The Morgan fingerprint density at radius 2 is 2.10 bits per heavy atom. The van der Waals surface area contributed by atoms with Crippen LogP contribution in [0.4, 0.5) is 0 Å². The van der Waals surface area contributed by atoms with Gasteiger partial charge in [0.1, 0.15) is 17.5 Å². The van der Waals surface area contributed by atoms with E-state index in [4.69, 9.17) is 9.47 Å². The van der Waals surface area contributed by atoms with Crippen molar-refractivity contribution in [1.29, 1.82) is 0 Å². The van der Waals surface area contributed by atoms with Crippen LogP contribution in [-0.4, -0.2) is 53.7 Å². The number of piperidine rings is 1. The molecule has 1 aromatic rings. The van der Waals surface area contributed by atoms with Crippen molar-refractivity contribution in [2.45, 2.75) is 82.5 Å². The number of hydrogen-bond donors (Lipinski definition) is 1. The van der Waals surface area contributed by atoms with E-state index in [9.17, 15) is 9.90 Å². The number of phenolic OH excluding ortho intramolecular Hbond substituents is 1. The van der Waals surface area contributed by atoms with Crippen LogP contribution in [0.3, 0.4) is 0 Å². The number of hydrogen-bond acceptors (Lipinski definition) is 5. The van der Waals surface area contributed by atoms with Gasteiger partial charge in [0, 0.05) is 42.0 Å². The van der Waals surface area contributed by atoms with E-state index < -0.39 is 5.60 Å². The zero-order chi connectivity index (χ0) is 21.8. The zero-order valence-electron chi connectivity index (χ0n) is 19.2. The molecule has 1 spiro atoms. The number of phenols is 1. The van der Waals surface area contributed by atoms with Crippen molar-refractivity contribution in [2.24, 2.45) is 17.3 Å². The van der Waals surface area contributed by atoms with Gasteiger partial charge in [-0.15, -0.1) is 0 Å². The summed E-state index contributed by atoms with van der Waals surface area (Å²) >= 11 is 0. The summed E-state index contributed by atoms with van der Waals surface area (Å²) in [6, 6.07) is 4.24. The predicted octanol–water partition coefficient (Wildman–Crippen LogP) is 3.84. The van der Waals surface area contributed by atoms with Crippen molar-refractivity contribution in [2.75, 3.05) is 20.2 Å². The average Bonchev–Trinajstić information content (AvgIpc) is 3.49. The normalized spacial score (nSPS) is 41.4. The third-order valence-electron chi connectivity index (χ3n) is 10.1. The lowest BCUT2D eigenvalue weighted by atomic mass is 9.38. The van der Waals surface area contributed by atoms with E-state index in [-0.39, 0.29) is 34.4 Å². The number of nitrogens with zero attached hydrogens (tertiary/aromatic N) is 1. The molecule has 1 unspecified atom stereocenters. The Bertz CT molecular complexity index is 957. The van der Waals surface area contributed by atoms with Crippen LogP contribution in [0, 0.1) is 17.3 Å². The predicted molar refractivity (Wildman–Crippen MR) is 118 cm³/mol. The Morgan fingerprint density at radius 3 is 2.77 bits per heavy atom. The highest BCUT2D eigenvalue weighted by atomic mass is 16.6. The number of carbonyl (C=O) groups is 1. The molecule has 5 heteroatoms. The molecule has 31 heavy (non-hydrogen) atoms. The van der Waals surface area contributed by atoms with E-state index in [1.54, 1.807) is 20.1 Å². The highest BCUT2D eigenvalue weighted by Gasteiger charge is 2.76. The summed E-state index contributed by atoms with van der Waals surface area (Å²) in [4.78, 5) is 15.8. The fourth-order valence-electron chi connectivity index (χ4n) is 8.26. The number of aromatic hydroxyl groups is 1. The topological polar surface area (TPSA) is 59.0 Å². The lowest BCUT2D eigenvalue weighted by Crippen LogP contribution is -2.77. The molecule has 5 nitrogen and oxygen atoms in total. The van der Waals surface area contributed by atoms with E-state index >= 15 is 0 Å².